The summed E-state index contributed by atoms with van der Waals surface area (Å²) in [5.74, 6) is 0. The van der Waals surface area contributed by atoms with Gasteiger partial charge >= 0.3 is 0 Å². The number of rotatable bonds is 3. The Morgan fingerprint density at radius 2 is 2.07 bits per heavy atom. The molecule has 0 unspecified atom stereocenters. The van der Waals surface area contributed by atoms with E-state index in [4.69, 9.17) is 5.73 Å². The first kappa shape index (κ1) is 11.4. The number of benzene rings is 1. The zero-order valence-corrected chi connectivity index (χ0v) is 10.5. The van der Waals surface area contributed by atoms with Crippen LogP contribution in [-0.2, 0) is 0 Å². The zero-order chi connectivity index (χ0) is 10.7. The van der Waals surface area contributed by atoms with E-state index in [-0.39, 0.29) is 0 Å². The van der Waals surface area contributed by atoms with E-state index in [1.165, 1.54) is 0 Å². The smallest absolute Gasteiger partial charge is 0.0613 e. The summed E-state index contributed by atoms with van der Waals surface area (Å²) in [5, 5.41) is 0. The topological polar surface area (TPSA) is 29.3 Å². The lowest BCUT2D eigenvalue weighted by Gasteiger charge is -2.28. The number of hydrogen-bond donors (Lipinski definition) is 1. The highest BCUT2D eigenvalue weighted by Gasteiger charge is 2.11. The molecule has 0 aromatic heterocycles. The Bertz CT molecular complexity index is 310. The van der Waals surface area contributed by atoms with Gasteiger partial charge in [-0.1, -0.05) is 15.9 Å². The summed E-state index contributed by atoms with van der Waals surface area (Å²) in [6.45, 7) is 7.45. The van der Waals surface area contributed by atoms with Gasteiger partial charge in [0.1, 0.15) is 0 Å². The Morgan fingerprint density at radius 3 is 2.57 bits per heavy atom. The van der Waals surface area contributed by atoms with E-state index in [2.05, 4.69) is 47.7 Å². The minimum Gasteiger partial charge on any atom is -0.397 e. The molecule has 2 nitrogen and oxygen atoms in total. The first-order valence-electron chi connectivity index (χ1n) is 4.88. The van der Waals surface area contributed by atoms with Gasteiger partial charge in [0, 0.05) is 17.1 Å². The van der Waals surface area contributed by atoms with Crippen molar-refractivity contribution in [2.75, 3.05) is 17.2 Å². The molecule has 1 aromatic rings. The maximum absolute atomic E-state index is 5.94. The summed E-state index contributed by atoms with van der Waals surface area (Å²) in [6, 6.07) is 6.44. The van der Waals surface area contributed by atoms with E-state index in [1.54, 1.807) is 0 Å². The molecule has 0 aliphatic carbocycles. The van der Waals surface area contributed by atoms with Gasteiger partial charge in [-0.15, -0.1) is 0 Å². The minimum atomic E-state index is 0.469. The summed E-state index contributed by atoms with van der Waals surface area (Å²) < 4.78 is 1.07. The molecule has 0 heterocycles. The van der Waals surface area contributed by atoms with Gasteiger partial charge in [-0.2, -0.15) is 0 Å². The maximum Gasteiger partial charge on any atom is 0.0613 e. The Morgan fingerprint density at radius 1 is 1.43 bits per heavy atom. The van der Waals surface area contributed by atoms with Crippen LogP contribution >= 0.6 is 15.9 Å². The van der Waals surface area contributed by atoms with Crippen LogP contribution in [0.5, 0.6) is 0 Å². The molecule has 0 aliphatic rings. The Kier molecular flexibility index (Phi) is 3.81. The summed E-state index contributed by atoms with van der Waals surface area (Å²) in [5.41, 5.74) is 7.89. The van der Waals surface area contributed by atoms with Crippen molar-refractivity contribution >= 4 is 27.3 Å². The molecule has 0 atom stereocenters. The van der Waals surface area contributed by atoms with Gasteiger partial charge < -0.3 is 10.6 Å². The normalized spacial score (nSPS) is 10.6. The number of hydrogen-bond acceptors (Lipinski definition) is 2. The third-order valence-corrected chi connectivity index (χ3v) is 2.76. The number of anilines is 2. The van der Waals surface area contributed by atoms with E-state index in [9.17, 15) is 0 Å². The van der Waals surface area contributed by atoms with Crippen LogP contribution in [0, 0.1) is 0 Å². The van der Waals surface area contributed by atoms with Gasteiger partial charge in [-0.3, -0.25) is 0 Å². The minimum absolute atomic E-state index is 0.469. The van der Waals surface area contributed by atoms with E-state index < -0.39 is 0 Å². The van der Waals surface area contributed by atoms with E-state index in [0.29, 0.717) is 6.04 Å². The highest BCUT2D eigenvalue weighted by Crippen LogP contribution is 2.28. The molecule has 0 spiro atoms. The van der Waals surface area contributed by atoms with Gasteiger partial charge in [0.05, 0.1) is 11.4 Å². The summed E-state index contributed by atoms with van der Waals surface area (Å²) in [4.78, 5) is 2.28. The highest BCUT2D eigenvalue weighted by molar-refractivity contribution is 9.10. The Hall–Kier alpha value is -0.700. The fourth-order valence-corrected chi connectivity index (χ4v) is 1.93. The lowest BCUT2D eigenvalue weighted by atomic mass is 10.2. The second-order valence-corrected chi connectivity index (χ2v) is 4.50. The average Bonchev–Trinajstić information content (AvgIpc) is 2.11. The van der Waals surface area contributed by atoms with Crippen molar-refractivity contribution in [2.45, 2.75) is 26.8 Å². The van der Waals surface area contributed by atoms with Crippen LogP contribution in [0.15, 0.2) is 22.7 Å². The first-order chi connectivity index (χ1) is 6.56. The summed E-state index contributed by atoms with van der Waals surface area (Å²) in [6.07, 6.45) is 0. The van der Waals surface area contributed by atoms with Crippen LogP contribution in [0.25, 0.3) is 0 Å². The highest BCUT2D eigenvalue weighted by atomic mass is 79.9. The number of nitrogen functional groups attached to an aromatic ring is 1. The second-order valence-electron chi connectivity index (χ2n) is 3.58. The van der Waals surface area contributed by atoms with Gasteiger partial charge in [0.15, 0.2) is 0 Å². The van der Waals surface area contributed by atoms with E-state index in [1.807, 2.05) is 12.1 Å². The molecule has 0 saturated heterocycles. The Balaban J connectivity index is 3.08. The molecule has 3 heteroatoms. The first-order valence-corrected chi connectivity index (χ1v) is 5.67. The van der Waals surface area contributed by atoms with E-state index >= 15 is 0 Å². The van der Waals surface area contributed by atoms with Crippen LogP contribution in [0.3, 0.4) is 0 Å². The van der Waals surface area contributed by atoms with Crippen LogP contribution in [0.2, 0.25) is 0 Å². The molecular weight excluding hydrogens is 240 g/mol. The largest absolute Gasteiger partial charge is 0.397 e. The summed E-state index contributed by atoms with van der Waals surface area (Å²) >= 11 is 3.46. The zero-order valence-electron chi connectivity index (χ0n) is 8.92. The molecule has 0 aliphatic heterocycles. The SMILES string of the molecule is CCN(c1cc(Br)ccc1N)C(C)C. The third-order valence-electron chi connectivity index (χ3n) is 2.27. The standard InChI is InChI=1S/C11H17BrN2/c1-4-14(8(2)3)11-7-9(12)5-6-10(11)13/h5-8H,4,13H2,1-3H3. The van der Waals surface area contributed by atoms with E-state index in [0.717, 1.165) is 22.4 Å². The molecular formula is C11H17BrN2. The summed E-state index contributed by atoms with van der Waals surface area (Å²) in [7, 11) is 0. The lowest BCUT2D eigenvalue weighted by Crippen LogP contribution is -2.30. The third kappa shape index (κ3) is 2.41. The Labute approximate surface area is 94.2 Å². The monoisotopic (exact) mass is 256 g/mol. The fourth-order valence-electron chi connectivity index (χ4n) is 1.58. The van der Waals surface area contributed by atoms with Crippen molar-refractivity contribution in [3.05, 3.63) is 22.7 Å². The number of nitrogens with two attached hydrogens (primary N) is 1. The van der Waals surface area contributed by atoms with Crippen LogP contribution in [0.4, 0.5) is 11.4 Å². The number of halogens is 1. The average molecular weight is 257 g/mol. The molecule has 0 saturated carbocycles. The van der Waals surface area contributed by atoms with Crippen molar-refractivity contribution in [3.8, 4) is 0 Å². The van der Waals surface area contributed by atoms with Crippen molar-refractivity contribution < 1.29 is 0 Å². The molecule has 0 fully saturated rings. The van der Waals surface area contributed by atoms with Crippen LogP contribution in [0.1, 0.15) is 20.8 Å². The molecule has 1 aromatic carbocycles. The van der Waals surface area contributed by atoms with Crippen LogP contribution in [-0.4, -0.2) is 12.6 Å². The fraction of sp³-hybridized carbons (Fsp3) is 0.455. The molecule has 0 bridgehead atoms. The van der Waals surface area contributed by atoms with Crippen molar-refractivity contribution in [3.63, 3.8) is 0 Å². The van der Waals surface area contributed by atoms with Gasteiger partial charge in [-0.05, 0) is 39.0 Å². The van der Waals surface area contributed by atoms with Crippen LogP contribution < -0.4 is 10.6 Å². The number of nitrogens with zero attached hydrogens (tertiary/aromatic N) is 1. The predicted octanol–water partition coefficient (Wildman–Crippen LogP) is 3.27. The lowest BCUT2D eigenvalue weighted by molar-refractivity contribution is 0.704. The molecule has 2 N–H and O–H groups in total. The molecule has 78 valence electrons. The van der Waals surface area contributed by atoms with Gasteiger partial charge in [0.2, 0.25) is 0 Å². The molecule has 14 heavy (non-hydrogen) atoms. The maximum atomic E-state index is 5.94. The van der Waals surface area contributed by atoms with Gasteiger partial charge in [-0.25, -0.2) is 0 Å². The van der Waals surface area contributed by atoms with Crippen molar-refractivity contribution in [1.29, 1.82) is 0 Å². The predicted molar refractivity (Wildman–Crippen MR) is 66.7 cm³/mol. The second kappa shape index (κ2) is 4.69. The van der Waals surface area contributed by atoms with Crippen molar-refractivity contribution in [1.82, 2.24) is 0 Å². The molecule has 0 amide bonds. The molecule has 1 rings (SSSR count). The molecule has 0 radical (unpaired) electrons. The van der Waals surface area contributed by atoms with Crippen molar-refractivity contribution in [2.24, 2.45) is 0 Å². The van der Waals surface area contributed by atoms with Gasteiger partial charge in [0.25, 0.3) is 0 Å². The quantitative estimate of drug-likeness (QED) is 0.842.